The van der Waals surface area contributed by atoms with E-state index in [4.69, 9.17) is 9.84 Å². The highest BCUT2D eigenvalue weighted by molar-refractivity contribution is 5.70. The van der Waals surface area contributed by atoms with E-state index in [0.29, 0.717) is 18.3 Å². The van der Waals surface area contributed by atoms with E-state index in [2.05, 4.69) is 29.4 Å². The van der Waals surface area contributed by atoms with Crippen LogP contribution in [0.4, 0.5) is 10.7 Å². The Morgan fingerprint density at radius 1 is 1.06 bits per heavy atom. The van der Waals surface area contributed by atoms with Gasteiger partial charge in [0.05, 0.1) is 6.04 Å². The average molecular weight is 495 g/mol. The van der Waals surface area contributed by atoms with Crippen molar-refractivity contribution in [2.45, 2.75) is 63.6 Å². The summed E-state index contributed by atoms with van der Waals surface area (Å²) < 4.78 is 10.4. The van der Waals surface area contributed by atoms with Gasteiger partial charge in [0.1, 0.15) is 0 Å². The molecule has 0 bridgehead atoms. The third-order valence-electron chi connectivity index (χ3n) is 7.67. The number of hydrogen-bond acceptors (Lipinski definition) is 9. The molecule has 3 saturated heterocycles. The average Bonchev–Trinajstić information content (AvgIpc) is 3.40. The summed E-state index contributed by atoms with van der Waals surface area (Å²) in [5, 5.41) is 12.6. The van der Waals surface area contributed by atoms with Gasteiger partial charge in [-0.2, -0.15) is 0 Å². The van der Waals surface area contributed by atoms with Crippen LogP contribution in [-0.4, -0.2) is 107 Å². The smallest absolute Gasteiger partial charge is 0.440 e. The molecule has 0 aliphatic carbocycles. The molecule has 3 aliphatic rings. The molecule has 12 nitrogen and oxygen atoms in total. The second-order valence-electron chi connectivity index (χ2n) is 9.96. The Morgan fingerprint density at radius 2 is 1.77 bits per heavy atom. The normalized spacial score (nSPS) is 24.8. The number of ether oxygens (including phenoxy) is 1. The molecule has 35 heavy (non-hydrogen) atoms. The zero-order valence-electron chi connectivity index (χ0n) is 20.6. The number of aliphatic carboxylic acids is 1. The van der Waals surface area contributed by atoms with Crippen molar-refractivity contribution in [1.29, 1.82) is 0 Å². The molecule has 2 unspecified atom stereocenters. The minimum atomic E-state index is -0.748. The number of carbonyl (C=O) groups is 2. The number of piperidine rings is 1. The molecule has 0 radical (unpaired) electrons. The number of piperazine rings is 1. The standard InChI is InChI=1S/C23H38N6O6/c1-26-18(6-3-2-5-17-8-11-29(12-9-17)21-24-22(32)35-25-21)20(34-23(26)33)28-15-13-27(14-16-28)10-4-7-19(30)31/h17-18,20H,2-16H2,1H3,(H,30,31)(H,24,25,32). The molecule has 1 aromatic heterocycles. The molecule has 2 N–H and O–H groups in total. The van der Waals surface area contributed by atoms with E-state index >= 15 is 0 Å². The van der Waals surface area contributed by atoms with Crippen LogP contribution in [0.15, 0.2) is 9.32 Å². The number of rotatable bonds is 11. The quantitative estimate of drug-likeness (QED) is 0.435. The second-order valence-corrected chi connectivity index (χ2v) is 9.96. The zero-order valence-corrected chi connectivity index (χ0v) is 20.6. The number of nitrogens with one attached hydrogen (secondary N) is 1. The van der Waals surface area contributed by atoms with Crippen molar-refractivity contribution in [3.8, 4) is 0 Å². The Balaban J connectivity index is 1.16. The number of aromatic amines is 1. The van der Waals surface area contributed by atoms with Crippen LogP contribution in [0.1, 0.15) is 51.4 Å². The van der Waals surface area contributed by atoms with Crippen molar-refractivity contribution < 1.29 is 24.0 Å². The molecule has 0 spiro atoms. The van der Waals surface area contributed by atoms with E-state index in [1.54, 1.807) is 4.90 Å². The maximum Gasteiger partial charge on any atom is 0.440 e. The maximum absolute atomic E-state index is 12.3. The van der Waals surface area contributed by atoms with Crippen LogP contribution >= 0.6 is 0 Å². The van der Waals surface area contributed by atoms with Gasteiger partial charge in [-0.1, -0.05) is 19.3 Å². The summed E-state index contributed by atoms with van der Waals surface area (Å²) in [5.41, 5.74) is 0. The van der Waals surface area contributed by atoms with Gasteiger partial charge in [-0.15, -0.1) is 0 Å². The van der Waals surface area contributed by atoms with Gasteiger partial charge in [0, 0.05) is 52.7 Å². The van der Waals surface area contributed by atoms with Gasteiger partial charge in [-0.05, 0) is 43.3 Å². The highest BCUT2D eigenvalue weighted by atomic mass is 16.6. The molecule has 2 atom stereocenters. The molecule has 0 aromatic carbocycles. The van der Waals surface area contributed by atoms with Crippen LogP contribution in [0.25, 0.3) is 0 Å². The van der Waals surface area contributed by atoms with Crippen LogP contribution in [0, 0.1) is 5.92 Å². The number of carboxylic acid groups (broad SMARTS) is 1. The van der Waals surface area contributed by atoms with Crippen molar-refractivity contribution in [3.05, 3.63) is 10.6 Å². The first-order valence-electron chi connectivity index (χ1n) is 12.8. The molecular weight excluding hydrogens is 456 g/mol. The summed E-state index contributed by atoms with van der Waals surface area (Å²) in [6.45, 7) is 5.91. The fourth-order valence-electron chi connectivity index (χ4n) is 5.52. The number of likely N-dealkylation sites (N-methyl/N-ethyl adjacent to an activating group) is 1. The molecule has 1 amide bonds. The van der Waals surface area contributed by atoms with Gasteiger partial charge >= 0.3 is 17.8 Å². The van der Waals surface area contributed by atoms with Gasteiger partial charge in [0.25, 0.3) is 0 Å². The molecule has 1 aromatic rings. The van der Waals surface area contributed by atoms with E-state index < -0.39 is 11.7 Å². The van der Waals surface area contributed by atoms with Gasteiger partial charge in [-0.25, -0.2) is 9.59 Å². The molecule has 196 valence electrons. The summed E-state index contributed by atoms with van der Waals surface area (Å²) >= 11 is 0. The van der Waals surface area contributed by atoms with E-state index in [0.717, 1.165) is 84.3 Å². The highest BCUT2D eigenvalue weighted by Gasteiger charge is 2.43. The van der Waals surface area contributed by atoms with Crippen LogP contribution in [0.2, 0.25) is 0 Å². The topological polar surface area (TPSA) is 135 Å². The number of carbonyl (C=O) groups excluding carboxylic acids is 1. The van der Waals surface area contributed by atoms with E-state index in [9.17, 15) is 14.4 Å². The number of aromatic nitrogens is 2. The van der Waals surface area contributed by atoms with Crippen molar-refractivity contribution in [2.75, 3.05) is 57.8 Å². The summed E-state index contributed by atoms with van der Waals surface area (Å²) in [4.78, 5) is 45.2. The van der Waals surface area contributed by atoms with Crippen LogP contribution in [-0.2, 0) is 9.53 Å². The van der Waals surface area contributed by atoms with Crippen molar-refractivity contribution in [3.63, 3.8) is 0 Å². The first-order chi connectivity index (χ1) is 16.9. The van der Waals surface area contributed by atoms with Gasteiger partial charge in [0.2, 0.25) is 5.95 Å². The van der Waals surface area contributed by atoms with Crippen molar-refractivity contribution in [2.24, 2.45) is 5.92 Å². The number of nitrogens with zero attached hydrogens (tertiary/aromatic N) is 5. The summed E-state index contributed by atoms with van der Waals surface area (Å²) in [7, 11) is 1.83. The fourth-order valence-corrected chi connectivity index (χ4v) is 5.52. The lowest BCUT2D eigenvalue weighted by atomic mass is 9.91. The molecule has 3 fully saturated rings. The van der Waals surface area contributed by atoms with Crippen LogP contribution in [0.3, 0.4) is 0 Å². The maximum atomic E-state index is 12.3. The summed E-state index contributed by atoms with van der Waals surface area (Å²) in [5.74, 6) is -0.0806. The minimum absolute atomic E-state index is 0.0619. The van der Waals surface area contributed by atoms with Gasteiger partial charge in [0.15, 0.2) is 6.23 Å². The van der Waals surface area contributed by atoms with E-state index in [1.807, 2.05) is 7.05 Å². The first kappa shape index (κ1) is 25.5. The lowest BCUT2D eigenvalue weighted by Gasteiger charge is -2.38. The third kappa shape index (κ3) is 6.75. The Labute approximate surface area is 205 Å². The number of anilines is 1. The molecule has 3 aliphatic heterocycles. The first-order valence-corrected chi connectivity index (χ1v) is 12.8. The monoisotopic (exact) mass is 494 g/mol. The highest BCUT2D eigenvalue weighted by Crippen LogP contribution is 2.28. The lowest BCUT2D eigenvalue weighted by molar-refractivity contribution is -0.137. The Hall–Kier alpha value is -2.60. The van der Waals surface area contributed by atoms with Gasteiger partial charge < -0.3 is 24.5 Å². The number of unbranched alkanes of at least 4 members (excludes halogenated alkanes) is 1. The Kier molecular flexibility index (Phi) is 8.66. The van der Waals surface area contributed by atoms with Crippen LogP contribution < -0.4 is 10.7 Å². The van der Waals surface area contributed by atoms with Gasteiger partial charge in [-0.3, -0.25) is 19.2 Å². The number of carboxylic acids is 1. The molecule has 0 saturated carbocycles. The number of H-pyrrole nitrogens is 1. The largest absolute Gasteiger partial charge is 0.481 e. The van der Waals surface area contributed by atoms with Crippen molar-refractivity contribution >= 4 is 18.0 Å². The fraction of sp³-hybridized carbons (Fsp3) is 0.826. The van der Waals surface area contributed by atoms with Crippen molar-refractivity contribution in [1.82, 2.24) is 24.8 Å². The Morgan fingerprint density at radius 3 is 2.43 bits per heavy atom. The lowest BCUT2D eigenvalue weighted by Crippen LogP contribution is -2.54. The molecule has 12 heteroatoms. The second kappa shape index (κ2) is 11.9. The van der Waals surface area contributed by atoms with E-state index in [-0.39, 0.29) is 24.8 Å². The third-order valence-corrected chi connectivity index (χ3v) is 7.67. The molecule has 4 rings (SSSR count). The van der Waals surface area contributed by atoms with Crippen LogP contribution in [0.5, 0.6) is 0 Å². The zero-order chi connectivity index (χ0) is 24.8. The predicted molar refractivity (Wildman–Crippen MR) is 127 cm³/mol. The molecular formula is C23H38N6O6. The predicted octanol–water partition coefficient (Wildman–Crippen LogP) is 1.40. The number of amides is 1. The summed E-state index contributed by atoms with van der Waals surface area (Å²) in [6, 6.07) is 0.0619. The minimum Gasteiger partial charge on any atom is -0.481 e. The molecule has 4 heterocycles. The summed E-state index contributed by atoms with van der Waals surface area (Å²) in [6.07, 6.45) is 6.80. The number of hydrogen-bond donors (Lipinski definition) is 2. The SMILES string of the molecule is CN1C(=O)OC(N2CCN(CCCC(=O)O)CC2)C1CCCCC1CCN(c2noc(=O)[nH]2)CC1. The Bertz CT molecular complexity index is 889. The number of cyclic esters (lactones) is 1. The van der Waals surface area contributed by atoms with E-state index in [1.165, 1.54) is 0 Å².